The van der Waals surface area contributed by atoms with Crippen molar-refractivity contribution in [3.05, 3.63) is 54.1 Å². The minimum absolute atomic E-state index is 0.0522. The first-order chi connectivity index (χ1) is 13.9. The zero-order valence-electron chi connectivity index (χ0n) is 16.7. The van der Waals surface area contributed by atoms with Gasteiger partial charge in [0, 0.05) is 11.6 Å². The minimum Gasteiger partial charge on any atom is -0.485 e. The number of ether oxygens (including phenoxy) is 2. The van der Waals surface area contributed by atoms with Crippen molar-refractivity contribution in [3.63, 3.8) is 0 Å². The molecule has 7 heteroatoms. The van der Waals surface area contributed by atoms with Gasteiger partial charge in [-0.25, -0.2) is 0 Å². The molecule has 7 nitrogen and oxygen atoms in total. The first kappa shape index (κ1) is 20.4. The fourth-order valence-corrected chi connectivity index (χ4v) is 3.04. The maximum atomic E-state index is 12.6. The molecule has 0 unspecified atom stereocenters. The molecule has 1 N–H and O–H groups in total. The van der Waals surface area contributed by atoms with Crippen LogP contribution in [0.5, 0.6) is 11.5 Å². The van der Waals surface area contributed by atoms with Crippen LogP contribution in [0.2, 0.25) is 0 Å². The molecule has 0 saturated carbocycles. The van der Waals surface area contributed by atoms with E-state index >= 15 is 0 Å². The average Bonchev–Trinajstić information content (AvgIpc) is 2.71. The van der Waals surface area contributed by atoms with Crippen LogP contribution in [0.25, 0.3) is 0 Å². The molecule has 0 aliphatic carbocycles. The van der Waals surface area contributed by atoms with E-state index in [-0.39, 0.29) is 36.9 Å². The van der Waals surface area contributed by atoms with Crippen molar-refractivity contribution in [2.24, 2.45) is 0 Å². The zero-order valence-corrected chi connectivity index (χ0v) is 16.7. The summed E-state index contributed by atoms with van der Waals surface area (Å²) in [5.41, 5.74) is 0.776. The van der Waals surface area contributed by atoms with Crippen LogP contribution in [-0.2, 0) is 9.59 Å². The number of hydrogen-bond acceptors (Lipinski definition) is 5. The van der Waals surface area contributed by atoms with E-state index < -0.39 is 6.04 Å². The summed E-state index contributed by atoms with van der Waals surface area (Å²) in [7, 11) is 0. The monoisotopic (exact) mass is 396 g/mol. The van der Waals surface area contributed by atoms with Crippen molar-refractivity contribution < 1.29 is 23.9 Å². The number of Topliss-reactive ketones (excluding diaryl/α,β-unsaturated/α-hetero) is 1. The third kappa shape index (κ3) is 4.74. The number of amides is 2. The highest BCUT2D eigenvalue weighted by molar-refractivity contribution is 6.05. The van der Waals surface area contributed by atoms with E-state index in [1.54, 1.807) is 37.3 Å². The lowest BCUT2D eigenvalue weighted by Gasteiger charge is -2.33. The standard InChI is InChI=1S/C22H24N2O5/c1-14(2)23-22(27)15(3)24-18-11-16(9-10-20(18)29-13-21(24)26)19(25)12-28-17-7-5-4-6-8-17/h4-11,14-15H,12-13H2,1-3H3,(H,23,27)/t15-/m0/s1. The number of nitrogens with one attached hydrogen (secondary N) is 1. The normalized spacial score (nSPS) is 14.1. The Hall–Kier alpha value is -3.35. The molecule has 152 valence electrons. The lowest BCUT2D eigenvalue weighted by atomic mass is 10.1. The van der Waals surface area contributed by atoms with Crippen LogP contribution in [0.4, 0.5) is 5.69 Å². The summed E-state index contributed by atoms with van der Waals surface area (Å²) in [5.74, 6) is 0.195. The first-order valence-electron chi connectivity index (χ1n) is 9.47. The van der Waals surface area contributed by atoms with Crippen LogP contribution >= 0.6 is 0 Å². The van der Waals surface area contributed by atoms with Crippen LogP contribution < -0.4 is 19.7 Å². The molecule has 2 aromatic rings. The van der Waals surface area contributed by atoms with E-state index in [9.17, 15) is 14.4 Å². The minimum atomic E-state index is -0.738. The van der Waals surface area contributed by atoms with E-state index in [1.807, 2.05) is 32.0 Å². The summed E-state index contributed by atoms with van der Waals surface area (Å²) in [6.45, 7) is 5.06. The first-order valence-corrected chi connectivity index (χ1v) is 9.47. The van der Waals surface area contributed by atoms with Gasteiger partial charge in [0.1, 0.15) is 17.5 Å². The van der Waals surface area contributed by atoms with Gasteiger partial charge in [-0.2, -0.15) is 0 Å². The maximum absolute atomic E-state index is 12.6. The second-order valence-corrected chi connectivity index (χ2v) is 7.10. The number of fused-ring (bicyclic) bond motifs is 1. The highest BCUT2D eigenvalue weighted by Crippen LogP contribution is 2.34. The average molecular weight is 396 g/mol. The van der Waals surface area contributed by atoms with Crippen LogP contribution in [0.1, 0.15) is 31.1 Å². The fourth-order valence-electron chi connectivity index (χ4n) is 3.04. The zero-order chi connectivity index (χ0) is 21.0. The van der Waals surface area contributed by atoms with Gasteiger partial charge in [-0.05, 0) is 51.1 Å². The number of anilines is 1. The topological polar surface area (TPSA) is 84.9 Å². The van der Waals surface area contributed by atoms with E-state index in [4.69, 9.17) is 9.47 Å². The molecular formula is C22H24N2O5. The molecule has 3 rings (SSSR count). The number of rotatable bonds is 7. The van der Waals surface area contributed by atoms with Crippen molar-refractivity contribution in [1.29, 1.82) is 0 Å². The molecule has 0 radical (unpaired) electrons. The van der Waals surface area contributed by atoms with Crippen molar-refractivity contribution >= 4 is 23.3 Å². The Labute approximate surface area is 169 Å². The predicted molar refractivity (Wildman–Crippen MR) is 108 cm³/mol. The Kier molecular flexibility index (Phi) is 6.16. The lowest BCUT2D eigenvalue weighted by Crippen LogP contribution is -2.52. The van der Waals surface area contributed by atoms with Gasteiger partial charge in [0.15, 0.2) is 19.0 Å². The molecule has 1 aliphatic heterocycles. The second kappa shape index (κ2) is 8.77. The fraction of sp³-hybridized carbons (Fsp3) is 0.318. The highest BCUT2D eigenvalue weighted by Gasteiger charge is 2.33. The smallest absolute Gasteiger partial charge is 0.265 e. The van der Waals surface area contributed by atoms with Gasteiger partial charge in [0.25, 0.3) is 5.91 Å². The van der Waals surface area contributed by atoms with Crippen molar-refractivity contribution in [2.45, 2.75) is 32.9 Å². The predicted octanol–water partition coefficient (Wildman–Crippen LogP) is 2.59. The number of nitrogens with zero attached hydrogens (tertiary/aromatic N) is 1. The SMILES string of the molecule is CC(C)NC(=O)[C@H](C)N1C(=O)COc2ccc(C(=O)COc3ccccc3)cc21. The Morgan fingerprint density at radius 3 is 2.55 bits per heavy atom. The number of benzene rings is 2. The van der Waals surface area contributed by atoms with Crippen LogP contribution in [0.3, 0.4) is 0 Å². The summed E-state index contributed by atoms with van der Waals surface area (Å²) >= 11 is 0. The van der Waals surface area contributed by atoms with Crippen molar-refractivity contribution in [1.82, 2.24) is 5.32 Å². The Balaban J connectivity index is 1.81. The van der Waals surface area contributed by atoms with Crippen molar-refractivity contribution in [2.75, 3.05) is 18.1 Å². The number of carbonyl (C=O) groups excluding carboxylic acids is 3. The molecule has 2 amide bonds. The molecule has 1 aliphatic rings. The maximum Gasteiger partial charge on any atom is 0.265 e. The van der Waals surface area contributed by atoms with E-state index in [0.29, 0.717) is 22.7 Å². The third-order valence-electron chi connectivity index (χ3n) is 4.47. The highest BCUT2D eigenvalue weighted by atomic mass is 16.5. The van der Waals surface area contributed by atoms with Gasteiger partial charge < -0.3 is 14.8 Å². The molecule has 0 saturated heterocycles. The molecule has 1 atom stereocenters. The molecule has 0 aromatic heterocycles. The molecule has 0 bridgehead atoms. The van der Waals surface area contributed by atoms with Gasteiger partial charge in [-0.3, -0.25) is 19.3 Å². The van der Waals surface area contributed by atoms with Gasteiger partial charge in [-0.15, -0.1) is 0 Å². The van der Waals surface area contributed by atoms with Gasteiger partial charge >= 0.3 is 0 Å². The largest absolute Gasteiger partial charge is 0.485 e. The second-order valence-electron chi connectivity index (χ2n) is 7.10. The van der Waals surface area contributed by atoms with Gasteiger partial charge in [-0.1, -0.05) is 18.2 Å². The van der Waals surface area contributed by atoms with Crippen LogP contribution in [0, 0.1) is 0 Å². The Morgan fingerprint density at radius 1 is 1.14 bits per heavy atom. The summed E-state index contributed by atoms with van der Waals surface area (Å²) in [5, 5.41) is 2.81. The molecule has 2 aromatic carbocycles. The number of carbonyl (C=O) groups is 3. The molecule has 29 heavy (non-hydrogen) atoms. The van der Waals surface area contributed by atoms with Crippen LogP contribution in [0.15, 0.2) is 48.5 Å². The Bertz CT molecular complexity index is 911. The molecule has 0 spiro atoms. The molecule has 0 fully saturated rings. The summed E-state index contributed by atoms with van der Waals surface area (Å²) in [6.07, 6.45) is 0. The quantitative estimate of drug-likeness (QED) is 0.727. The van der Waals surface area contributed by atoms with Gasteiger partial charge in [0.05, 0.1) is 5.69 Å². The molecular weight excluding hydrogens is 372 g/mol. The summed E-state index contributed by atoms with van der Waals surface area (Å²) in [4.78, 5) is 38.9. The lowest BCUT2D eigenvalue weighted by molar-refractivity contribution is -0.127. The summed E-state index contributed by atoms with van der Waals surface area (Å²) in [6, 6.07) is 13.1. The van der Waals surface area contributed by atoms with Gasteiger partial charge in [0.2, 0.25) is 5.91 Å². The van der Waals surface area contributed by atoms with E-state index in [2.05, 4.69) is 5.32 Å². The van der Waals surface area contributed by atoms with Crippen LogP contribution in [-0.4, -0.2) is 42.9 Å². The summed E-state index contributed by atoms with van der Waals surface area (Å²) < 4.78 is 11.0. The van der Waals surface area contributed by atoms with E-state index in [1.165, 1.54) is 4.90 Å². The van der Waals surface area contributed by atoms with Crippen molar-refractivity contribution in [3.8, 4) is 11.5 Å². The van der Waals surface area contributed by atoms with E-state index in [0.717, 1.165) is 0 Å². The number of ketones is 1. The number of hydrogen-bond donors (Lipinski definition) is 1. The number of para-hydroxylation sites is 1. The Morgan fingerprint density at radius 2 is 1.86 bits per heavy atom. The molecule has 1 heterocycles. The third-order valence-corrected chi connectivity index (χ3v) is 4.47.